The fraction of sp³-hybridized carbons (Fsp3) is 0.364. The van der Waals surface area contributed by atoms with Crippen LogP contribution in [0.4, 0.5) is 10.1 Å². The number of methoxy groups -OCH3 is 1. The molecule has 0 saturated carbocycles. The van der Waals surface area contributed by atoms with Crippen molar-refractivity contribution in [1.29, 1.82) is 0 Å². The number of rotatable bonds is 4. The fourth-order valence-electron chi connectivity index (χ4n) is 1.27. The third-order valence-corrected chi connectivity index (χ3v) is 1.94. The molecule has 0 aromatic heterocycles. The molecule has 88 valence electrons. The van der Waals surface area contributed by atoms with Crippen LogP contribution >= 0.6 is 0 Å². The lowest BCUT2D eigenvalue weighted by molar-refractivity contribution is -0.116. The number of ether oxygens (including phenoxy) is 1. The third kappa shape index (κ3) is 3.51. The van der Waals surface area contributed by atoms with Gasteiger partial charge in [0.1, 0.15) is 11.6 Å². The maximum absolute atomic E-state index is 13.0. The molecule has 0 aliphatic heterocycles. The van der Waals surface area contributed by atoms with Gasteiger partial charge in [-0.05, 0) is 19.1 Å². The molecule has 0 saturated heterocycles. The molecular weight excluding hydrogens is 211 g/mol. The molecule has 0 aliphatic carbocycles. The lowest BCUT2D eigenvalue weighted by Gasteiger charge is -2.11. The average molecular weight is 226 g/mol. The molecule has 1 unspecified atom stereocenters. The molecule has 3 N–H and O–H groups in total. The van der Waals surface area contributed by atoms with Gasteiger partial charge in [0.25, 0.3) is 0 Å². The molecule has 16 heavy (non-hydrogen) atoms. The van der Waals surface area contributed by atoms with Crippen LogP contribution in [0.3, 0.4) is 0 Å². The van der Waals surface area contributed by atoms with Crippen molar-refractivity contribution in [2.45, 2.75) is 19.4 Å². The molecule has 1 atom stereocenters. The summed E-state index contributed by atoms with van der Waals surface area (Å²) in [5, 5.41) is 2.55. The van der Waals surface area contributed by atoms with Gasteiger partial charge < -0.3 is 15.8 Å². The van der Waals surface area contributed by atoms with Gasteiger partial charge in [-0.3, -0.25) is 4.79 Å². The summed E-state index contributed by atoms with van der Waals surface area (Å²) in [4.78, 5) is 11.4. The predicted molar refractivity (Wildman–Crippen MR) is 59.8 cm³/mol. The quantitative estimate of drug-likeness (QED) is 0.817. The van der Waals surface area contributed by atoms with Crippen LogP contribution in [0.2, 0.25) is 0 Å². The van der Waals surface area contributed by atoms with Crippen LogP contribution in [0.5, 0.6) is 5.75 Å². The van der Waals surface area contributed by atoms with Gasteiger partial charge in [-0.1, -0.05) is 0 Å². The molecule has 0 aliphatic rings. The van der Waals surface area contributed by atoms with Crippen LogP contribution in [-0.4, -0.2) is 19.1 Å². The van der Waals surface area contributed by atoms with Gasteiger partial charge in [0.15, 0.2) is 0 Å². The van der Waals surface area contributed by atoms with Crippen molar-refractivity contribution < 1.29 is 13.9 Å². The highest BCUT2D eigenvalue weighted by molar-refractivity contribution is 5.92. The summed E-state index contributed by atoms with van der Waals surface area (Å²) >= 11 is 0. The monoisotopic (exact) mass is 226 g/mol. The van der Waals surface area contributed by atoms with Crippen molar-refractivity contribution in [2.24, 2.45) is 5.73 Å². The number of halogens is 1. The van der Waals surface area contributed by atoms with E-state index in [9.17, 15) is 9.18 Å². The molecule has 1 aromatic carbocycles. The van der Waals surface area contributed by atoms with Crippen LogP contribution in [0.1, 0.15) is 13.3 Å². The smallest absolute Gasteiger partial charge is 0.226 e. The normalized spacial score (nSPS) is 12.0. The fourth-order valence-corrected chi connectivity index (χ4v) is 1.27. The number of nitrogens with two attached hydrogens (primary N) is 1. The Kier molecular flexibility index (Phi) is 4.25. The Morgan fingerprint density at radius 1 is 1.62 bits per heavy atom. The zero-order valence-electron chi connectivity index (χ0n) is 9.29. The minimum absolute atomic E-state index is 0.180. The Morgan fingerprint density at radius 3 is 2.88 bits per heavy atom. The molecule has 4 nitrogen and oxygen atoms in total. The van der Waals surface area contributed by atoms with E-state index in [-0.39, 0.29) is 18.4 Å². The van der Waals surface area contributed by atoms with E-state index < -0.39 is 5.82 Å². The molecule has 0 bridgehead atoms. The summed E-state index contributed by atoms with van der Waals surface area (Å²) in [6.45, 7) is 1.72. The minimum atomic E-state index is -0.433. The number of nitrogens with one attached hydrogen (secondary N) is 1. The second kappa shape index (κ2) is 5.46. The Balaban J connectivity index is 2.79. The number of anilines is 1. The highest BCUT2D eigenvalue weighted by Crippen LogP contribution is 2.24. The predicted octanol–water partition coefficient (Wildman–Crippen LogP) is 1.51. The van der Waals surface area contributed by atoms with Crippen molar-refractivity contribution >= 4 is 11.6 Å². The second-order valence-electron chi connectivity index (χ2n) is 3.57. The molecule has 0 spiro atoms. The van der Waals surface area contributed by atoms with E-state index in [0.717, 1.165) is 0 Å². The Morgan fingerprint density at radius 2 is 2.31 bits per heavy atom. The average Bonchev–Trinajstić information content (AvgIpc) is 2.16. The highest BCUT2D eigenvalue weighted by atomic mass is 19.1. The van der Waals surface area contributed by atoms with Crippen LogP contribution < -0.4 is 15.8 Å². The van der Waals surface area contributed by atoms with Gasteiger partial charge >= 0.3 is 0 Å². The van der Waals surface area contributed by atoms with Crippen molar-refractivity contribution in [1.82, 2.24) is 0 Å². The lowest BCUT2D eigenvalue weighted by atomic mass is 10.2. The SMILES string of the molecule is COc1ccc(F)cc1NC(=O)CC(C)N. The first kappa shape index (κ1) is 12.4. The van der Waals surface area contributed by atoms with E-state index >= 15 is 0 Å². The Bertz CT molecular complexity index is 380. The van der Waals surface area contributed by atoms with Crippen molar-refractivity contribution in [3.63, 3.8) is 0 Å². The summed E-state index contributed by atoms with van der Waals surface area (Å²) in [5.41, 5.74) is 5.79. The topological polar surface area (TPSA) is 64.3 Å². The molecule has 1 aromatic rings. The van der Waals surface area contributed by atoms with Gasteiger partial charge in [-0.2, -0.15) is 0 Å². The first-order valence-electron chi connectivity index (χ1n) is 4.92. The van der Waals surface area contributed by atoms with E-state index in [4.69, 9.17) is 10.5 Å². The maximum atomic E-state index is 13.0. The van der Waals surface area contributed by atoms with Crippen LogP contribution in [0.25, 0.3) is 0 Å². The van der Waals surface area contributed by atoms with Crippen LogP contribution in [0.15, 0.2) is 18.2 Å². The second-order valence-corrected chi connectivity index (χ2v) is 3.57. The van der Waals surface area contributed by atoms with Crippen LogP contribution in [0, 0.1) is 5.82 Å². The number of carbonyl (C=O) groups excluding carboxylic acids is 1. The molecule has 1 rings (SSSR count). The zero-order chi connectivity index (χ0) is 12.1. The standard InChI is InChI=1S/C11H15FN2O2/c1-7(13)5-11(15)14-9-6-8(12)3-4-10(9)16-2/h3-4,6-7H,5,13H2,1-2H3,(H,14,15). The molecular formula is C11H15FN2O2. The number of hydrogen-bond acceptors (Lipinski definition) is 3. The third-order valence-electron chi connectivity index (χ3n) is 1.94. The van der Waals surface area contributed by atoms with E-state index in [1.54, 1.807) is 6.92 Å². The Labute approximate surface area is 93.6 Å². The van der Waals surface area contributed by atoms with Gasteiger partial charge in [0.2, 0.25) is 5.91 Å². The number of hydrogen-bond donors (Lipinski definition) is 2. The van der Waals surface area contributed by atoms with Crippen molar-refractivity contribution in [2.75, 3.05) is 12.4 Å². The van der Waals surface area contributed by atoms with E-state index in [1.807, 2.05) is 0 Å². The summed E-state index contributed by atoms with van der Waals surface area (Å²) in [6, 6.07) is 3.69. The molecule has 1 amide bonds. The highest BCUT2D eigenvalue weighted by Gasteiger charge is 2.10. The lowest BCUT2D eigenvalue weighted by Crippen LogP contribution is -2.24. The van der Waals surface area contributed by atoms with Gasteiger partial charge in [-0.15, -0.1) is 0 Å². The number of benzene rings is 1. The summed E-state index contributed by atoms with van der Waals surface area (Å²) in [7, 11) is 1.45. The van der Waals surface area contributed by atoms with E-state index in [2.05, 4.69) is 5.32 Å². The molecule has 0 heterocycles. The minimum Gasteiger partial charge on any atom is -0.495 e. The largest absolute Gasteiger partial charge is 0.495 e. The molecule has 0 fully saturated rings. The maximum Gasteiger partial charge on any atom is 0.226 e. The number of amides is 1. The van der Waals surface area contributed by atoms with Gasteiger partial charge in [0.05, 0.1) is 12.8 Å². The summed E-state index contributed by atoms with van der Waals surface area (Å²) < 4.78 is 18.0. The summed E-state index contributed by atoms with van der Waals surface area (Å²) in [5.74, 6) is -0.282. The van der Waals surface area contributed by atoms with Gasteiger partial charge in [0, 0.05) is 18.5 Å². The van der Waals surface area contributed by atoms with E-state index in [0.29, 0.717) is 11.4 Å². The van der Waals surface area contributed by atoms with Crippen LogP contribution in [-0.2, 0) is 4.79 Å². The first-order chi connectivity index (χ1) is 7.52. The zero-order valence-corrected chi connectivity index (χ0v) is 9.29. The summed E-state index contributed by atoms with van der Waals surface area (Å²) in [6.07, 6.45) is 0.180. The number of carbonyl (C=O) groups is 1. The van der Waals surface area contributed by atoms with E-state index in [1.165, 1.54) is 25.3 Å². The molecule has 0 radical (unpaired) electrons. The Hall–Kier alpha value is -1.62. The van der Waals surface area contributed by atoms with Crippen molar-refractivity contribution in [3.05, 3.63) is 24.0 Å². The first-order valence-corrected chi connectivity index (χ1v) is 4.92. The van der Waals surface area contributed by atoms with Crippen molar-refractivity contribution in [3.8, 4) is 5.75 Å². The van der Waals surface area contributed by atoms with Gasteiger partial charge in [-0.25, -0.2) is 4.39 Å². The molecule has 5 heteroatoms.